The fourth-order valence-corrected chi connectivity index (χ4v) is 3.20. The molecule has 118 valence electrons. The van der Waals surface area contributed by atoms with E-state index in [-0.39, 0.29) is 17.8 Å². The fraction of sp³-hybridized carbons (Fsp3) is 0.692. The lowest BCUT2D eigenvalue weighted by Gasteiger charge is -2.39. The van der Waals surface area contributed by atoms with Crippen LogP contribution in [-0.2, 0) is 13.2 Å². The summed E-state index contributed by atoms with van der Waals surface area (Å²) in [5.74, 6) is -0.495. The molecule has 0 spiro atoms. The molecule has 1 fully saturated rings. The zero-order valence-corrected chi connectivity index (χ0v) is 12.8. The van der Waals surface area contributed by atoms with Crippen molar-refractivity contribution in [3.8, 4) is 0 Å². The van der Waals surface area contributed by atoms with Crippen molar-refractivity contribution in [1.29, 1.82) is 0 Å². The van der Waals surface area contributed by atoms with E-state index in [9.17, 15) is 18.0 Å². The molecule has 0 saturated carbocycles. The van der Waals surface area contributed by atoms with Gasteiger partial charge in [-0.1, -0.05) is 11.6 Å². The monoisotopic (exact) mass is 323 g/mol. The number of rotatable bonds is 1. The van der Waals surface area contributed by atoms with Crippen molar-refractivity contribution in [3.63, 3.8) is 0 Å². The van der Waals surface area contributed by atoms with Crippen LogP contribution in [0, 0.1) is 0 Å². The quantitative estimate of drug-likeness (QED) is 0.793. The smallest absolute Gasteiger partial charge is 0.332 e. The first-order chi connectivity index (χ1) is 9.64. The summed E-state index contributed by atoms with van der Waals surface area (Å²) in [4.78, 5) is 14.2. The van der Waals surface area contributed by atoms with Gasteiger partial charge < -0.3 is 4.90 Å². The number of carbonyl (C=O) groups excluding carboxylic acids is 1. The molecule has 1 aromatic rings. The van der Waals surface area contributed by atoms with Crippen molar-refractivity contribution in [2.24, 2.45) is 7.05 Å². The van der Waals surface area contributed by atoms with Gasteiger partial charge in [0, 0.05) is 19.1 Å². The van der Waals surface area contributed by atoms with Crippen LogP contribution in [0.15, 0.2) is 0 Å². The number of hydrogen-bond acceptors (Lipinski definition) is 2. The van der Waals surface area contributed by atoms with Gasteiger partial charge in [-0.05, 0) is 33.1 Å². The van der Waals surface area contributed by atoms with Gasteiger partial charge in [-0.15, -0.1) is 0 Å². The summed E-state index contributed by atoms with van der Waals surface area (Å²) in [6.07, 6.45) is -2.01. The summed E-state index contributed by atoms with van der Waals surface area (Å²) in [5, 5.41) is 2.73. The van der Waals surface area contributed by atoms with Crippen molar-refractivity contribution >= 4 is 17.5 Å². The van der Waals surface area contributed by atoms with Crippen LogP contribution in [0.3, 0.4) is 0 Å². The molecule has 1 aliphatic rings. The average Bonchev–Trinajstić information content (AvgIpc) is 2.64. The number of alkyl halides is 3. The predicted molar refractivity (Wildman–Crippen MR) is 72.2 cm³/mol. The maximum Gasteiger partial charge on any atom is 0.436 e. The molecular weight excluding hydrogens is 307 g/mol. The minimum atomic E-state index is -4.67. The second kappa shape index (κ2) is 5.51. The Labute approximate surface area is 125 Å². The van der Waals surface area contributed by atoms with E-state index in [0.29, 0.717) is 0 Å². The van der Waals surface area contributed by atoms with Gasteiger partial charge in [0.05, 0.1) is 0 Å². The molecule has 21 heavy (non-hydrogen) atoms. The first-order valence-electron chi connectivity index (χ1n) is 6.77. The van der Waals surface area contributed by atoms with Gasteiger partial charge in [0.25, 0.3) is 5.91 Å². The third-order valence-corrected chi connectivity index (χ3v) is 4.25. The van der Waals surface area contributed by atoms with Crippen LogP contribution in [0.5, 0.6) is 0 Å². The summed E-state index contributed by atoms with van der Waals surface area (Å²) < 4.78 is 39.4. The SMILES string of the molecule is CC1CCCC(C)N1C(=O)c1c(Cl)c(C(F)(F)F)nn1C. The largest absolute Gasteiger partial charge is 0.436 e. The van der Waals surface area contributed by atoms with Crippen LogP contribution in [-0.4, -0.2) is 32.7 Å². The van der Waals surface area contributed by atoms with Crippen molar-refractivity contribution in [2.45, 2.75) is 51.4 Å². The standard InChI is InChI=1S/C13H17ClF3N3O/c1-7-5-4-6-8(2)20(7)12(21)10-9(14)11(13(15,16)17)18-19(10)3/h7-8H,4-6H2,1-3H3. The molecule has 2 atom stereocenters. The number of hydrogen-bond donors (Lipinski definition) is 0. The van der Waals surface area contributed by atoms with Crippen LogP contribution in [0.4, 0.5) is 13.2 Å². The number of aromatic nitrogens is 2. The molecule has 2 heterocycles. The highest BCUT2D eigenvalue weighted by atomic mass is 35.5. The van der Waals surface area contributed by atoms with E-state index in [1.807, 2.05) is 13.8 Å². The summed E-state index contributed by atoms with van der Waals surface area (Å²) in [6.45, 7) is 3.78. The van der Waals surface area contributed by atoms with Gasteiger partial charge in [-0.3, -0.25) is 9.48 Å². The number of carbonyl (C=O) groups is 1. The number of likely N-dealkylation sites (tertiary alicyclic amines) is 1. The van der Waals surface area contributed by atoms with Gasteiger partial charge in [-0.25, -0.2) is 0 Å². The van der Waals surface area contributed by atoms with E-state index in [4.69, 9.17) is 11.6 Å². The lowest BCUT2D eigenvalue weighted by Crippen LogP contribution is -2.48. The van der Waals surface area contributed by atoms with Gasteiger partial charge in [0.1, 0.15) is 10.7 Å². The Morgan fingerprint density at radius 3 is 2.24 bits per heavy atom. The Hall–Kier alpha value is -1.24. The Bertz CT molecular complexity index is 546. The van der Waals surface area contributed by atoms with E-state index in [2.05, 4.69) is 5.10 Å². The van der Waals surface area contributed by atoms with Crippen LogP contribution >= 0.6 is 11.6 Å². The Morgan fingerprint density at radius 2 is 1.81 bits per heavy atom. The molecular formula is C13H17ClF3N3O. The number of halogens is 4. The lowest BCUT2D eigenvalue weighted by molar-refractivity contribution is -0.141. The molecule has 0 aromatic carbocycles. The summed E-state index contributed by atoms with van der Waals surface area (Å²) in [5.41, 5.74) is -1.42. The van der Waals surface area contributed by atoms with Crippen molar-refractivity contribution in [2.75, 3.05) is 0 Å². The molecule has 4 nitrogen and oxygen atoms in total. The molecule has 1 saturated heterocycles. The van der Waals surface area contributed by atoms with E-state index in [1.165, 1.54) is 7.05 Å². The minimum Gasteiger partial charge on any atom is -0.332 e. The Balaban J connectivity index is 2.42. The summed E-state index contributed by atoms with van der Waals surface area (Å²) >= 11 is 5.77. The van der Waals surface area contributed by atoms with Crippen LogP contribution < -0.4 is 0 Å². The normalized spacial score (nSPS) is 23.5. The maximum atomic E-state index is 12.8. The van der Waals surface area contributed by atoms with Crippen molar-refractivity contribution in [3.05, 3.63) is 16.4 Å². The molecule has 0 N–H and O–H groups in total. The number of nitrogens with zero attached hydrogens (tertiary/aromatic N) is 3. The molecule has 8 heteroatoms. The third kappa shape index (κ3) is 2.88. The molecule has 0 bridgehead atoms. The van der Waals surface area contributed by atoms with E-state index < -0.39 is 22.8 Å². The first-order valence-corrected chi connectivity index (χ1v) is 7.14. The average molecular weight is 324 g/mol. The summed E-state index contributed by atoms with van der Waals surface area (Å²) in [6, 6.07) is -0.0527. The van der Waals surface area contributed by atoms with Gasteiger partial charge in [0.15, 0.2) is 5.69 Å². The van der Waals surface area contributed by atoms with Gasteiger partial charge in [0.2, 0.25) is 0 Å². The highest BCUT2D eigenvalue weighted by molar-refractivity contribution is 6.34. The number of piperidine rings is 1. The number of amides is 1. The fourth-order valence-electron chi connectivity index (χ4n) is 2.86. The molecule has 2 rings (SSSR count). The number of aryl methyl sites for hydroxylation is 1. The molecule has 1 amide bonds. The van der Waals surface area contributed by atoms with E-state index in [1.54, 1.807) is 4.90 Å². The van der Waals surface area contributed by atoms with Gasteiger partial charge in [-0.2, -0.15) is 18.3 Å². The molecule has 1 aliphatic heterocycles. The molecule has 2 unspecified atom stereocenters. The van der Waals surface area contributed by atoms with E-state index in [0.717, 1.165) is 23.9 Å². The van der Waals surface area contributed by atoms with Crippen LogP contribution in [0.2, 0.25) is 5.02 Å². The zero-order valence-electron chi connectivity index (χ0n) is 12.0. The first kappa shape index (κ1) is 16.1. The highest BCUT2D eigenvalue weighted by Gasteiger charge is 2.41. The predicted octanol–water partition coefficient (Wildman–Crippen LogP) is 3.50. The van der Waals surface area contributed by atoms with Crippen LogP contribution in [0.1, 0.15) is 49.3 Å². The minimum absolute atomic E-state index is 0.0263. The lowest BCUT2D eigenvalue weighted by atomic mass is 9.97. The van der Waals surface area contributed by atoms with E-state index >= 15 is 0 Å². The Kier molecular flexibility index (Phi) is 4.24. The zero-order chi connectivity index (χ0) is 15.9. The van der Waals surface area contributed by atoms with Gasteiger partial charge >= 0.3 is 6.18 Å². The molecule has 0 aliphatic carbocycles. The third-order valence-electron chi connectivity index (χ3n) is 3.89. The highest BCUT2D eigenvalue weighted by Crippen LogP contribution is 2.36. The second-order valence-corrected chi connectivity index (χ2v) is 5.85. The second-order valence-electron chi connectivity index (χ2n) is 5.47. The van der Waals surface area contributed by atoms with Crippen molar-refractivity contribution < 1.29 is 18.0 Å². The van der Waals surface area contributed by atoms with Crippen molar-refractivity contribution in [1.82, 2.24) is 14.7 Å². The topological polar surface area (TPSA) is 38.1 Å². The molecule has 0 radical (unpaired) electrons. The molecule has 1 aromatic heterocycles. The summed E-state index contributed by atoms with van der Waals surface area (Å²) in [7, 11) is 1.30. The maximum absolute atomic E-state index is 12.8. The Morgan fingerprint density at radius 1 is 1.29 bits per heavy atom. The van der Waals surface area contributed by atoms with Crippen LogP contribution in [0.25, 0.3) is 0 Å².